The minimum absolute atomic E-state index is 0.0453. The van der Waals surface area contributed by atoms with Crippen LogP contribution in [0.3, 0.4) is 0 Å². The summed E-state index contributed by atoms with van der Waals surface area (Å²) in [6, 6.07) is -0.584. The van der Waals surface area contributed by atoms with Crippen LogP contribution in [0, 0.1) is 0 Å². The van der Waals surface area contributed by atoms with Crippen molar-refractivity contribution in [1.29, 1.82) is 0 Å². The average molecular weight is 277 g/mol. The summed E-state index contributed by atoms with van der Waals surface area (Å²) in [6.45, 7) is 0.0608. The van der Waals surface area contributed by atoms with Gasteiger partial charge in [-0.05, 0) is 25.7 Å². The molecule has 1 unspecified atom stereocenters. The zero-order chi connectivity index (χ0) is 14.5. The molecule has 1 aliphatic rings. The van der Waals surface area contributed by atoms with Crippen LogP contribution in [0.5, 0.6) is 0 Å². The van der Waals surface area contributed by atoms with Gasteiger partial charge in [0.15, 0.2) is 0 Å². The van der Waals surface area contributed by atoms with Gasteiger partial charge in [0, 0.05) is 19.0 Å². The van der Waals surface area contributed by atoms with Gasteiger partial charge in [-0.25, -0.2) is 0 Å². The summed E-state index contributed by atoms with van der Waals surface area (Å²) in [5.74, 6) is -2.33. The van der Waals surface area contributed by atoms with Crippen molar-refractivity contribution in [3.63, 3.8) is 0 Å². The van der Waals surface area contributed by atoms with E-state index in [2.05, 4.69) is 4.79 Å². The summed E-state index contributed by atoms with van der Waals surface area (Å²) in [5, 5.41) is 0. The van der Waals surface area contributed by atoms with Gasteiger partial charge in [-0.15, -0.1) is 0 Å². The molecule has 0 aromatic carbocycles. The van der Waals surface area contributed by atoms with Crippen LogP contribution in [-0.2, 0) is 9.59 Å². The van der Waals surface area contributed by atoms with E-state index in [9.17, 15) is 22.8 Å². The van der Waals surface area contributed by atoms with Crippen LogP contribution in [0.2, 0.25) is 0 Å². The first-order valence-corrected chi connectivity index (χ1v) is 5.94. The summed E-state index contributed by atoms with van der Waals surface area (Å²) < 4.78 is 37.2. The van der Waals surface area contributed by atoms with Crippen LogP contribution in [-0.4, -0.2) is 46.4 Å². The Bertz CT molecular complexity index is 402. The molecule has 1 atom stereocenters. The summed E-state index contributed by atoms with van der Waals surface area (Å²) in [5.41, 5.74) is 8.16. The molecule has 0 N–H and O–H groups in total. The van der Waals surface area contributed by atoms with Gasteiger partial charge in [0.1, 0.15) is 0 Å². The molecule has 0 saturated carbocycles. The number of likely N-dealkylation sites (tertiary alicyclic amines) is 1. The smallest absolute Gasteiger partial charge is 0.361 e. The number of hydrogen-bond acceptors (Lipinski definition) is 2. The third-order valence-corrected chi connectivity index (χ3v) is 3.06. The number of halogens is 3. The number of carbonyl (C=O) groups excluding carboxylic acids is 2. The first-order valence-electron chi connectivity index (χ1n) is 5.94. The van der Waals surface area contributed by atoms with Gasteiger partial charge in [-0.3, -0.25) is 9.59 Å². The Balaban J connectivity index is 2.65. The highest BCUT2D eigenvalue weighted by Crippen LogP contribution is 2.27. The van der Waals surface area contributed by atoms with E-state index in [1.165, 1.54) is 0 Å². The Labute approximate surface area is 108 Å². The third kappa shape index (κ3) is 4.48. The largest absolute Gasteiger partial charge is 0.471 e. The Morgan fingerprint density at radius 2 is 2.05 bits per heavy atom. The Kier molecular flexibility index (Phi) is 5.23. The van der Waals surface area contributed by atoms with E-state index in [0.717, 1.165) is 11.3 Å². The summed E-state index contributed by atoms with van der Waals surface area (Å²) in [7, 11) is 0. The lowest BCUT2D eigenvalue weighted by Gasteiger charge is -2.36. The van der Waals surface area contributed by atoms with Crippen LogP contribution in [0.1, 0.15) is 32.1 Å². The van der Waals surface area contributed by atoms with E-state index in [1.54, 1.807) is 0 Å². The monoisotopic (exact) mass is 277 g/mol. The maximum Gasteiger partial charge on any atom is 0.471 e. The molecule has 106 valence electrons. The standard InChI is InChI=1S/C11H14F3N3O2/c12-11(13,14)10(19)17-6-2-1-3-8(17)4-5-9(18)7-16-15/h7-8H,1-6H2. The molecule has 0 aromatic heterocycles. The number of hydrogen-bond donors (Lipinski definition) is 0. The molecule has 8 heteroatoms. The van der Waals surface area contributed by atoms with Crippen molar-refractivity contribution in [2.75, 3.05) is 6.54 Å². The van der Waals surface area contributed by atoms with E-state index in [1.807, 2.05) is 0 Å². The first kappa shape index (κ1) is 15.4. The van der Waals surface area contributed by atoms with E-state index < -0.39 is 23.9 Å². The zero-order valence-electron chi connectivity index (χ0n) is 10.2. The zero-order valence-corrected chi connectivity index (χ0v) is 10.2. The highest BCUT2D eigenvalue weighted by molar-refractivity contribution is 6.25. The number of amides is 1. The number of Topliss-reactive ketones (excluding diaryl/α,β-unsaturated/α-hetero) is 1. The Morgan fingerprint density at radius 1 is 1.37 bits per heavy atom. The minimum atomic E-state index is -4.88. The minimum Gasteiger partial charge on any atom is -0.361 e. The predicted molar refractivity (Wildman–Crippen MR) is 59.3 cm³/mol. The summed E-state index contributed by atoms with van der Waals surface area (Å²) >= 11 is 0. The van der Waals surface area contributed by atoms with Gasteiger partial charge in [-0.2, -0.15) is 18.0 Å². The molecule has 0 radical (unpaired) electrons. The van der Waals surface area contributed by atoms with Crippen molar-refractivity contribution in [2.24, 2.45) is 0 Å². The number of rotatable bonds is 4. The summed E-state index contributed by atoms with van der Waals surface area (Å²) in [6.07, 6.45) is -2.36. The Hall–Kier alpha value is -1.69. The highest BCUT2D eigenvalue weighted by atomic mass is 19.4. The molecule has 0 bridgehead atoms. The van der Waals surface area contributed by atoms with Gasteiger partial charge in [0.25, 0.3) is 0 Å². The molecular formula is C11H14F3N3O2. The van der Waals surface area contributed by atoms with E-state index in [0.29, 0.717) is 19.1 Å². The second kappa shape index (κ2) is 6.47. The quantitative estimate of drug-likeness (QED) is 0.444. The normalized spacial score (nSPS) is 19.7. The van der Waals surface area contributed by atoms with Gasteiger partial charge in [0.05, 0.1) is 0 Å². The fourth-order valence-corrected chi connectivity index (χ4v) is 2.17. The van der Waals surface area contributed by atoms with Crippen LogP contribution in [0.25, 0.3) is 5.53 Å². The number of carbonyl (C=O) groups is 2. The molecule has 1 saturated heterocycles. The van der Waals surface area contributed by atoms with Crippen molar-refractivity contribution in [1.82, 2.24) is 4.90 Å². The maximum atomic E-state index is 12.4. The predicted octanol–water partition coefficient (Wildman–Crippen LogP) is 1.58. The second-order valence-electron chi connectivity index (χ2n) is 4.40. The maximum absolute atomic E-state index is 12.4. The van der Waals surface area contributed by atoms with Crippen LogP contribution in [0.4, 0.5) is 13.2 Å². The van der Waals surface area contributed by atoms with Gasteiger partial charge >= 0.3 is 18.3 Å². The molecule has 1 amide bonds. The van der Waals surface area contributed by atoms with Crippen molar-refractivity contribution in [3.05, 3.63) is 5.53 Å². The summed E-state index contributed by atoms with van der Waals surface area (Å²) in [4.78, 5) is 25.7. The van der Waals surface area contributed by atoms with Crippen molar-refractivity contribution >= 4 is 17.9 Å². The molecule has 1 fully saturated rings. The molecule has 1 rings (SSSR count). The average Bonchev–Trinajstić information content (AvgIpc) is 2.35. The molecule has 1 aliphatic heterocycles. The first-order chi connectivity index (χ1) is 8.86. The van der Waals surface area contributed by atoms with Gasteiger partial charge in [0.2, 0.25) is 5.78 Å². The lowest BCUT2D eigenvalue weighted by Crippen LogP contribution is -2.49. The van der Waals surface area contributed by atoms with Crippen molar-refractivity contribution in [3.8, 4) is 0 Å². The van der Waals surface area contributed by atoms with Crippen LogP contribution < -0.4 is 0 Å². The fourth-order valence-electron chi connectivity index (χ4n) is 2.17. The molecule has 19 heavy (non-hydrogen) atoms. The van der Waals surface area contributed by atoms with Crippen molar-refractivity contribution < 1.29 is 27.6 Å². The molecular weight excluding hydrogens is 263 g/mol. The topological polar surface area (TPSA) is 73.8 Å². The number of ketones is 1. The van der Waals surface area contributed by atoms with Gasteiger partial charge in [-0.1, -0.05) is 0 Å². The lowest BCUT2D eigenvalue weighted by atomic mass is 9.97. The molecule has 0 aliphatic carbocycles. The number of piperidine rings is 1. The van der Waals surface area contributed by atoms with Crippen LogP contribution >= 0.6 is 0 Å². The number of alkyl halides is 3. The van der Waals surface area contributed by atoms with E-state index in [4.69, 9.17) is 5.53 Å². The van der Waals surface area contributed by atoms with Crippen LogP contribution in [0.15, 0.2) is 0 Å². The van der Waals surface area contributed by atoms with E-state index >= 15 is 0 Å². The molecule has 0 aromatic rings. The number of nitrogens with zero attached hydrogens (tertiary/aromatic N) is 3. The third-order valence-electron chi connectivity index (χ3n) is 3.06. The highest BCUT2D eigenvalue weighted by Gasteiger charge is 2.45. The molecule has 5 nitrogen and oxygen atoms in total. The Morgan fingerprint density at radius 3 is 2.63 bits per heavy atom. The van der Waals surface area contributed by atoms with Crippen molar-refractivity contribution in [2.45, 2.75) is 44.3 Å². The van der Waals surface area contributed by atoms with E-state index in [-0.39, 0.29) is 19.4 Å². The molecule has 1 heterocycles. The fraction of sp³-hybridized carbons (Fsp3) is 0.727. The molecule has 0 spiro atoms. The lowest BCUT2D eigenvalue weighted by molar-refractivity contribution is -0.189. The second-order valence-corrected chi connectivity index (χ2v) is 4.40. The van der Waals surface area contributed by atoms with Gasteiger partial charge < -0.3 is 10.4 Å². The SMILES string of the molecule is [N-]=[N+]=CC(=O)CCC1CCCCN1C(=O)C(F)(F)F.